The number of aryl methyl sites for hydroxylation is 1. The Labute approximate surface area is 252 Å². The third kappa shape index (κ3) is 7.00. The van der Waals surface area contributed by atoms with Gasteiger partial charge in [-0.15, -0.1) is 18.3 Å². The van der Waals surface area contributed by atoms with E-state index in [4.69, 9.17) is 0 Å². The summed E-state index contributed by atoms with van der Waals surface area (Å²) >= 11 is 0. The molecule has 6 rings (SSSR count). The Kier molecular flexibility index (Phi) is 8.21. The van der Waals surface area contributed by atoms with Crippen LogP contribution in [0.2, 0.25) is 0 Å². The van der Waals surface area contributed by atoms with E-state index in [0.717, 1.165) is 30.9 Å². The van der Waals surface area contributed by atoms with Gasteiger partial charge in [0, 0.05) is 35.2 Å². The van der Waals surface area contributed by atoms with Crippen molar-refractivity contribution in [3.05, 3.63) is 102 Å². The zero-order chi connectivity index (χ0) is 30.7. The summed E-state index contributed by atoms with van der Waals surface area (Å²) in [6, 6.07) is 22.3. The van der Waals surface area contributed by atoms with Gasteiger partial charge in [-0.25, -0.2) is 9.50 Å². The summed E-state index contributed by atoms with van der Waals surface area (Å²) < 4.78 is 43.4. The number of halogens is 3. The topological polar surface area (TPSA) is 83.8 Å². The van der Waals surface area contributed by atoms with E-state index in [0.29, 0.717) is 28.0 Å². The largest absolute Gasteiger partial charge is 0.573 e. The Morgan fingerprint density at radius 2 is 1.70 bits per heavy atom. The minimum Gasteiger partial charge on any atom is -0.406 e. The predicted molar refractivity (Wildman–Crippen MR) is 163 cm³/mol. The number of aromatic nitrogens is 3. The average molecular weight is 601 g/mol. The number of hydrogen-bond acceptors (Lipinski definition) is 6. The zero-order valence-electron chi connectivity index (χ0n) is 24.1. The molecule has 1 fully saturated rings. The highest BCUT2D eigenvalue weighted by atomic mass is 19.4. The lowest BCUT2D eigenvalue weighted by molar-refractivity contribution is -0.274. The lowest BCUT2D eigenvalue weighted by Crippen LogP contribution is -2.29. The van der Waals surface area contributed by atoms with E-state index < -0.39 is 6.36 Å². The standard InChI is InChI=1S/C33H31F3N6O2/c1-22-7-8-23(21-41-17-3-2-4-18-41)20-28(22)38-31(43)25-9-13-26(14-10-25)37-32-39-30(29-6-5-19-42(29)40-32)24-11-15-27(16-12-24)44-33(34,35)36/h5-16,19-20H,2-4,17-18,21H2,1H3,(H,37,40)(H,38,43). The van der Waals surface area contributed by atoms with Crippen LogP contribution in [0.5, 0.6) is 5.75 Å². The normalized spacial score (nSPS) is 14.0. The molecule has 0 spiro atoms. The first-order valence-corrected chi connectivity index (χ1v) is 14.4. The number of fused-ring (bicyclic) bond motifs is 1. The number of carbonyl (C=O) groups excluding carboxylic acids is 1. The van der Waals surface area contributed by atoms with Gasteiger partial charge in [0.1, 0.15) is 11.4 Å². The summed E-state index contributed by atoms with van der Waals surface area (Å²) in [6.45, 7) is 5.07. The number of nitrogens with zero attached hydrogens (tertiary/aromatic N) is 4. The number of hydrogen-bond donors (Lipinski definition) is 2. The summed E-state index contributed by atoms with van der Waals surface area (Å²) in [6.07, 6.45) is 0.732. The SMILES string of the molecule is Cc1ccc(CN2CCCCC2)cc1NC(=O)c1ccc(Nc2nc(-c3ccc(OC(F)(F)F)cc3)c3cccn3n2)cc1. The fourth-order valence-electron chi connectivity index (χ4n) is 5.32. The Balaban J connectivity index is 1.15. The Morgan fingerprint density at radius 1 is 0.955 bits per heavy atom. The second kappa shape index (κ2) is 12.4. The van der Waals surface area contributed by atoms with Gasteiger partial charge in [0.05, 0.1) is 5.52 Å². The van der Waals surface area contributed by atoms with Crippen LogP contribution in [0.1, 0.15) is 40.7 Å². The molecular weight excluding hydrogens is 569 g/mol. The maximum Gasteiger partial charge on any atom is 0.573 e. The van der Waals surface area contributed by atoms with Crippen LogP contribution in [0, 0.1) is 6.92 Å². The van der Waals surface area contributed by atoms with Gasteiger partial charge in [-0.3, -0.25) is 9.69 Å². The molecule has 0 unspecified atom stereocenters. The van der Waals surface area contributed by atoms with Crippen molar-refractivity contribution in [2.75, 3.05) is 23.7 Å². The summed E-state index contributed by atoms with van der Waals surface area (Å²) in [5.74, 6) is -0.248. The van der Waals surface area contributed by atoms with Crippen molar-refractivity contribution in [2.24, 2.45) is 0 Å². The van der Waals surface area contributed by atoms with E-state index >= 15 is 0 Å². The molecule has 2 aromatic heterocycles. The zero-order valence-corrected chi connectivity index (χ0v) is 24.1. The molecule has 2 N–H and O–H groups in total. The van der Waals surface area contributed by atoms with Crippen molar-refractivity contribution in [3.8, 4) is 17.0 Å². The van der Waals surface area contributed by atoms with Crippen LogP contribution < -0.4 is 15.4 Å². The number of benzene rings is 3. The monoisotopic (exact) mass is 600 g/mol. The summed E-state index contributed by atoms with van der Waals surface area (Å²) in [4.78, 5) is 20.2. The van der Waals surface area contributed by atoms with Crippen molar-refractivity contribution in [1.82, 2.24) is 19.5 Å². The highest BCUT2D eigenvalue weighted by Crippen LogP contribution is 2.29. The van der Waals surface area contributed by atoms with Gasteiger partial charge >= 0.3 is 6.36 Å². The third-order valence-corrected chi connectivity index (χ3v) is 7.56. The lowest BCUT2D eigenvalue weighted by atomic mass is 10.1. The fraction of sp³-hybridized carbons (Fsp3) is 0.242. The first-order chi connectivity index (χ1) is 21.2. The van der Waals surface area contributed by atoms with Crippen molar-refractivity contribution in [2.45, 2.75) is 39.1 Å². The molecule has 226 valence electrons. The van der Waals surface area contributed by atoms with Crippen LogP contribution in [-0.4, -0.2) is 44.9 Å². The molecule has 11 heteroatoms. The van der Waals surface area contributed by atoms with Crippen LogP contribution >= 0.6 is 0 Å². The Morgan fingerprint density at radius 3 is 2.43 bits per heavy atom. The van der Waals surface area contributed by atoms with Gasteiger partial charge in [0.2, 0.25) is 5.95 Å². The number of anilines is 3. The molecule has 0 saturated carbocycles. The minimum atomic E-state index is -4.77. The van der Waals surface area contributed by atoms with E-state index in [1.807, 2.05) is 19.1 Å². The molecule has 1 aliphatic heterocycles. The smallest absolute Gasteiger partial charge is 0.406 e. The van der Waals surface area contributed by atoms with Gasteiger partial charge < -0.3 is 15.4 Å². The summed E-state index contributed by atoms with van der Waals surface area (Å²) in [7, 11) is 0. The second-order valence-electron chi connectivity index (χ2n) is 10.8. The molecule has 0 aliphatic carbocycles. The quantitative estimate of drug-likeness (QED) is 0.191. The lowest BCUT2D eigenvalue weighted by Gasteiger charge is -2.26. The Bertz CT molecular complexity index is 1760. The van der Waals surface area contributed by atoms with E-state index in [9.17, 15) is 18.0 Å². The number of piperidine rings is 1. The van der Waals surface area contributed by atoms with Crippen LogP contribution in [0.15, 0.2) is 85.1 Å². The van der Waals surface area contributed by atoms with Crippen molar-refractivity contribution < 1.29 is 22.7 Å². The molecule has 5 aromatic rings. The van der Waals surface area contributed by atoms with E-state index in [1.165, 1.54) is 49.1 Å². The maximum absolute atomic E-state index is 13.1. The second-order valence-corrected chi connectivity index (χ2v) is 10.8. The molecule has 3 heterocycles. The highest BCUT2D eigenvalue weighted by Gasteiger charge is 2.31. The molecule has 1 aliphatic rings. The predicted octanol–water partition coefficient (Wildman–Crippen LogP) is 7.59. The number of likely N-dealkylation sites (tertiary alicyclic amines) is 1. The van der Waals surface area contributed by atoms with Gasteiger partial charge in [-0.1, -0.05) is 18.6 Å². The first-order valence-electron chi connectivity index (χ1n) is 14.4. The number of nitrogens with one attached hydrogen (secondary N) is 2. The minimum absolute atomic E-state index is 0.208. The van der Waals surface area contributed by atoms with Gasteiger partial charge in [0.15, 0.2) is 0 Å². The van der Waals surface area contributed by atoms with Crippen LogP contribution in [0.3, 0.4) is 0 Å². The highest BCUT2D eigenvalue weighted by molar-refractivity contribution is 6.04. The van der Waals surface area contributed by atoms with Crippen molar-refractivity contribution in [1.29, 1.82) is 0 Å². The van der Waals surface area contributed by atoms with E-state index in [1.54, 1.807) is 41.0 Å². The number of ether oxygens (including phenoxy) is 1. The van der Waals surface area contributed by atoms with Crippen LogP contribution in [0.4, 0.5) is 30.5 Å². The maximum atomic E-state index is 13.1. The molecule has 0 radical (unpaired) electrons. The van der Waals surface area contributed by atoms with Crippen LogP contribution in [0.25, 0.3) is 16.8 Å². The van der Waals surface area contributed by atoms with Crippen molar-refractivity contribution >= 4 is 28.7 Å². The molecule has 3 aromatic carbocycles. The molecule has 1 amide bonds. The van der Waals surface area contributed by atoms with Gasteiger partial charge in [-0.2, -0.15) is 0 Å². The average Bonchev–Trinajstić information content (AvgIpc) is 3.48. The van der Waals surface area contributed by atoms with E-state index in [-0.39, 0.29) is 17.6 Å². The summed E-state index contributed by atoms with van der Waals surface area (Å²) in [5.41, 5.74) is 5.93. The number of rotatable bonds is 8. The molecule has 1 saturated heterocycles. The van der Waals surface area contributed by atoms with Crippen LogP contribution in [-0.2, 0) is 6.54 Å². The van der Waals surface area contributed by atoms with Gasteiger partial charge in [0.25, 0.3) is 5.91 Å². The summed E-state index contributed by atoms with van der Waals surface area (Å²) in [5, 5.41) is 10.7. The molecule has 8 nitrogen and oxygen atoms in total. The van der Waals surface area contributed by atoms with Crippen molar-refractivity contribution in [3.63, 3.8) is 0 Å². The Hall–Kier alpha value is -4.90. The number of amides is 1. The molecule has 0 atom stereocenters. The number of alkyl halides is 3. The number of carbonyl (C=O) groups is 1. The third-order valence-electron chi connectivity index (χ3n) is 7.56. The van der Waals surface area contributed by atoms with Gasteiger partial charge in [-0.05, 0) is 111 Å². The molecule has 44 heavy (non-hydrogen) atoms. The van der Waals surface area contributed by atoms with E-state index in [2.05, 4.69) is 42.5 Å². The first kappa shape index (κ1) is 29.2. The molecule has 0 bridgehead atoms. The molecular formula is C33H31F3N6O2. The fourth-order valence-corrected chi connectivity index (χ4v) is 5.32.